The molecular formula is C22H20ClNO5S2. The van der Waals surface area contributed by atoms with Crippen LogP contribution in [0.1, 0.15) is 24.5 Å². The van der Waals surface area contributed by atoms with Crippen LogP contribution in [0.5, 0.6) is 11.5 Å². The molecule has 0 atom stereocenters. The number of halogens is 1. The molecule has 2 aromatic carbocycles. The zero-order chi connectivity index (χ0) is 22.4. The molecule has 0 aliphatic carbocycles. The predicted octanol–water partition coefficient (Wildman–Crippen LogP) is 4.99. The van der Waals surface area contributed by atoms with Crippen molar-refractivity contribution in [2.45, 2.75) is 20.0 Å². The molecule has 1 fully saturated rings. The molecule has 1 amide bonds. The van der Waals surface area contributed by atoms with Crippen molar-refractivity contribution in [1.29, 1.82) is 0 Å². The van der Waals surface area contributed by atoms with E-state index in [1.807, 2.05) is 31.2 Å². The molecule has 6 nitrogen and oxygen atoms in total. The van der Waals surface area contributed by atoms with Gasteiger partial charge < -0.3 is 14.6 Å². The number of hydrogen-bond acceptors (Lipinski definition) is 6. The number of carboxylic acids is 1. The van der Waals surface area contributed by atoms with Gasteiger partial charge >= 0.3 is 5.97 Å². The average Bonchev–Trinajstić information content (AvgIpc) is 2.99. The summed E-state index contributed by atoms with van der Waals surface area (Å²) in [5.41, 5.74) is 1.60. The van der Waals surface area contributed by atoms with E-state index in [0.29, 0.717) is 39.0 Å². The van der Waals surface area contributed by atoms with Crippen LogP contribution in [0.3, 0.4) is 0 Å². The number of hydrogen-bond donors (Lipinski definition) is 1. The summed E-state index contributed by atoms with van der Waals surface area (Å²) in [6.07, 6.45) is 1.55. The molecule has 1 heterocycles. The Labute approximate surface area is 194 Å². The second-order valence-electron chi connectivity index (χ2n) is 6.50. The quantitative estimate of drug-likeness (QED) is 0.402. The van der Waals surface area contributed by atoms with Gasteiger partial charge in [0.05, 0.1) is 17.9 Å². The molecule has 162 valence electrons. The van der Waals surface area contributed by atoms with E-state index in [0.717, 1.165) is 22.9 Å². The van der Waals surface area contributed by atoms with Gasteiger partial charge in [-0.2, -0.15) is 0 Å². The number of aliphatic carboxylic acids is 1. The molecule has 0 unspecified atom stereocenters. The minimum absolute atomic E-state index is 0.0519. The lowest BCUT2D eigenvalue weighted by molar-refractivity contribution is -0.137. The Morgan fingerprint density at radius 3 is 2.71 bits per heavy atom. The Morgan fingerprint density at radius 1 is 1.23 bits per heavy atom. The molecule has 9 heteroatoms. The number of amides is 1. The highest BCUT2D eigenvalue weighted by atomic mass is 35.5. The Morgan fingerprint density at radius 2 is 2.00 bits per heavy atom. The maximum absolute atomic E-state index is 12.6. The van der Waals surface area contributed by atoms with Crippen LogP contribution in [0, 0.1) is 0 Å². The third kappa shape index (κ3) is 6.00. The Bertz CT molecular complexity index is 1040. The number of carbonyl (C=O) groups is 2. The molecule has 0 aromatic heterocycles. The lowest BCUT2D eigenvalue weighted by Crippen LogP contribution is -2.30. The van der Waals surface area contributed by atoms with Crippen LogP contribution < -0.4 is 9.47 Å². The zero-order valence-corrected chi connectivity index (χ0v) is 19.1. The molecular weight excluding hydrogens is 458 g/mol. The SMILES string of the molecule is CCOc1cc(C=C2SC(=S)N(CCC(=O)O)C2=O)ccc1OCc1ccccc1Cl. The summed E-state index contributed by atoms with van der Waals surface area (Å²) < 4.78 is 12.0. The van der Waals surface area contributed by atoms with Crippen molar-refractivity contribution >= 4 is 57.9 Å². The first kappa shape index (κ1) is 23.1. The molecule has 0 saturated carbocycles. The fraction of sp³-hybridized carbons (Fsp3) is 0.227. The highest BCUT2D eigenvalue weighted by Gasteiger charge is 2.32. The van der Waals surface area contributed by atoms with Crippen LogP contribution >= 0.6 is 35.6 Å². The van der Waals surface area contributed by atoms with E-state index < -0.39 is 5.97 Å². The second kappa shape index (κ2) is 10.7. The summed E-state index contributed by atoms with van der Waals surface area (Å²) in [6.45, 7) is 2.67. The molecule has 1 saturated heterocycles. The second-order valence-corrected chi connectivity index (χ2v) is 8.58. The number of carbonyl (C=O) groups excluding carboxylic acids is 1. The largest absolute Gasteiger partial charge is 0.490 e. The van der Waals surface area contributed by atoms with Gasteiger partial charge in [0.2, 0.25) is 0 Å². The van der Waals surface area contributed by atoms with E-state index in [-0.39, 0.29) is 18.9 Å². The van der Waals surface area contributed by atoms with Gasteiger partial charge in [-0.25, -0.2) is 0 Å². The van der Waals surface area contributed by atoms with E-state index in [2.05, 4.69) is 0 Å². The maximum Gasteiger partial charge on any atom is 0.305 e. The Kier molecular flexibility index (Phi) is 7.95. The van der Waals surface area contributed by atoms with Gasteiger partial charge in [0.1, 0.15) is 10.9 Å². The number of ether oxygens (including phenoxy) is 2. The van der Waals surface area contributed by atoms with Crippen molar-refractivity contribution in [2.24, 2.45) is 0 Å². The molecule has 0 spiro atoms. The van der Waals surface area contributed by atoms with Gasteiger partial charge in [-0.3, -0.25) is 14.5 Å². The van der Waals surface area contributed by atoms with E-state index in [1.165, 1.54) is 4.90 Å². The lowest BCUT2D eigenvalue weighted by atomic mass is 10.1. The minimum atomic E-state index is -0.980. The summed E-state index contributed by atoms with van der Waals surface area (Å²) in [5, 5.41) is 9.48. The summed E-state index contributed by atoms with van der Waals surface area (Å²) in [4.78, 5) is 25.1. The number of benzene rings is 2. The van der Waals surface area contributed by atoms with Crippen LogP contribution in [0.2, 0.25) is 5.02 Å². The van der Waals surface area contributed by atoms with Crippen LogP contribution in [0.4, 0.5) is 0 Å². The molecule has 2 aromatic rings. The monoisotopic (exact) mass is 477 g/mol. The van der Waals surface area contributed by atoms with Crippen molar-refractivity contribution in [3.8, 4) is 11.5 Å². The van der Waals surface area contributed by atoms with Crippen molar-refractivity contribution in [3.05, 3.63) is 63.5 Å². The van der Waals surface area contributed by atoms with Crippen molar-refractivity contribution in [1.82, 2.24) is 4.90 Å². The number of thioether (sulfide) groups is 1. The fourth-order valence-corrected chi connectivity index (χ4v) is 4.32. The Balaban J connectivity index is 1.77. The van der Waals surface area contributed by atoms with Gasteiger partial charge in [-0.05, 0) is 36.8 Å². The van der Waals surface area contributed by atoms with E-state index in [9.17, 15) is 9.59 Å². The zero-order valence-electron chi connectivity index (χ0n) is 16.7. The summed E-state index contributed by atoms with van der Waals surface area (Å²) in [7, 11) is 0. The highest BCUT2D eigenvalue weighted by molar-refractivity contribution is 8.26. The molecule has 1 aliphatic rings. The van der Waals surface area contributed by atoms with Crippen LogP contribution in [0.25, 0.3) is 6.08 Å². The summed E-state index contributed by atoms with van der Waals surface area (Å²) >= 11 is 12.6. The molecule has 3 rings (SSSR count). The first-order valence-electron chi connectivity index (χ1n) is 9.49. The van der Waals surface area contributed by atoms with Crippen LogP contribution in [-0.4, -0.2) is 39.4 Å². The lowest BCUT2D eigenvalue weighted by Gasteiger charge is -2.13. The van der Waals surface area contributed by atoms with E-state index >= 15 is 0 Å². The summed E-state index contributed by atoms with van der Waals surface area (Å²) in [5.74, 6) is -0.169. The number of thiocarbonyl (C=S) groups is 1. The maximum atomic E-state index is 12.6. The standard InChI is InChI=1S/C22H20ClNO5S2/c1-2-28-18-11-14(7-8-17(18)29-13-15-5-3-4-6-16(15)23)12-19-21(27)24(22(30)31-19)10-9-20(25)26/h3-8,11-12H,2,9-10,13H2,1H3,(H,25,26). The first-order valence-corrected chi connectivity index (χ1v) is 11.1. The molecule has 1 N–H and O–H groups in total. The molecule has 31 heavy (non-hydrogen) atoms. The predicted molar refractivity (Wildman–Crippen MR) is 126 cm³/mol. The fourth-order valence-electron chi connectivity index (χ4n) is 2.82. The summed E-state index contributed by atoms with van der Waals surface area (Å²) in [6, 6.07) is 12.8. The van der Waals surface area contributed by atoms with Gasteiger partial charge in [0, 0.05) is 17.1 Å². The van der Waals surface area contributed by atoms with Gasteiger partial charge in [0.15, 0.2) is 11.5 Å². The number of nitrogens with zero attached hydrogens (tertiary/aromatic N) is 1. The molecule has 1 aliphatic heterocycles. The van der Waals surface area contributed by atoms with Gasteiger partial charge in [-0.15, -0.1) is 0 Å². The molecule has 0 radical (unpaired) electrons. The number of rotatable bonds is 9. The van der Waals surface area contributed by atoms with Crippen molar-refractivity contribution < 1.29 is 24.2 Å². The average molecular weight is 478 g/mol. The number of carboxylic acid groups (broad SMARTS) is 1. The van der Waals surface area contributed by atoms with Crippen LogP contribution in [-0.2, 0) is 16.2 Å². The third-order valence-electron chi connectivity index (χ3n) is 4.33. The van der Waals surface area contributed by atoms with E-state index in [1.54, 1.807) is 24.3 Å². The first-order chi connectivity index (χ1) is 14.9. The minimum Gasteiger partial charge on any atom is -0.490 e. The highest BCUT2D eigenvalue weighted by Crippen LogP contribution is 2.35. The smallest absolute Gasteiger partial charge is 0.305 e. The van der Waals surface area contributed by atoms with Gasteiger partial charge in [0.25, 0.3) is 5.91 Å². The molecule has 0 bridgehead atoms. The topological polar surface area (TPSA) is 76.1 Å². The third-order valence-corrected chi connectivity index (χ3v) is 6.08. The van der Waals surface area contributed by atoms with Crippen molar-refractivity contribution in [3.63, 3.8) is 0 Å². The normalized spacial score (nSPS) is 14.9. The Hall–Kier alpha value is -2.55. The van der Waals surface area contributed by atoms with E-state index in [4.69, 9.17) is 38.4 Å². The van der Waals surface area contributed by atoms with Crippen molar-refractivity contribution in [2.75, 3.05) is 13.2 Å². The van der Waals surface area contributed by atoms with Gasteiger partial charge in [-0.1, -0.05) is 59.8 Å². The van der Waals surface area contributed by atoms with Crippen LogP contribution in [0.15, 0.2) is 47.4 Å².